The van der Waals surface area contributed by atoms with Crippen LogP contribution in [0.3, 0.4) is 0 Å². The van der Waals surface area contributed by atoms with Gasteiger partial charge in [0.1, 0.15) is 12.2 Å². The molecule has 6 nitrogen and oxygen atoms in total. The Bertz CT molecular complexity index is 671. The molecule has 2 aliphatic rings. The third-order valence-electron chi connectivity index (χ3n) is 5.44. The summed E-state index contributed by atoms with van der Waals surface area (Å²) in [5, 5.41) is 0. The van der Waals surface area contributed by atoms with Gasteiger partial charge in [0.2, 0.25) is 0 Å². The second kappa shape index (κ2) is 8.95. The lowest BCUT2D eigenvalue weighted by atomic mass is 9.91. The number of benzene rings is 1. The minimum absolute atomic E-state index is 0.0783. The molecule has 0 atom stereocenters. The van der Waals surface area contributed by atoms with Crippen LogP contribution < -0.4 is 4.90 Å². The van der Waals surface area contributed by atoms with E-state index in [-0.39, 0.29) is 5.97 Å². The van der Waals surface area contributed by atoms with Crippen molar-refractivity contribution in [2.24, 2.45) is 5.92 Å². The summed E-state index contributed by atoms with van der Waals surface area (Å²) in [6.07, 6.45) is 2.80. The summed E-state index contributed by atoms with van der Waals surface area (Å²) >= 11 is 0. The zero-order valence-electron chi connectivity index (χ0n) is 17.2. The highest BCUT2D eigenvalue weighted by Crippen LogP contribution is 2.29. The summed E-state index contributed by atoms with van der Waals surface area (Å²) in [4.78, 5) is 27.3. The number of rotatable bonds is 7. The van der Waals surface area contributed by atoms with Crippen molar-refractivity contribution in [3.05, 3.63) is 29.8 Å². The van der Waals surface area contributed by atoms with E-state index in [0.717, 1.165) is 44.6 Å². The molecule has 1 aromatic carbocycles. The molecule has 0 aliphatic carbocycles. The fourth-order valence-electron chi connectivity index (χ4n) is 4.12. The molecular formula is C22H32N2O4. The van der Waals surface area contributed by atoms with Crippen LogP contribution >= 0.6 is 0 Å². The quantitative estimate of drug-likeness (QED) is 0.529. The number of ether oxygens (including phenoxy) is 2. The zero-order valence-corrected chi connectivity index (χ0v) is 17.2. The van der Waals surface area contributed by atoms with Gasteiger partial charge in [0, 0.05) is 37.9 Å². The van der Waals surface area contributed by atoms with Gasteiger partial charge in [-0.2, -0.15) is 0 Å². The lowest BCUT2D eigenvalue weighted by molar-refractivity contribution is -0.157. The molecular weight excluding hydrogens is 356 g/mol. The number of piperidine rings is 1. The van der Waals surface area contributed by atoms with Crippen molar-refractivity contribution in [1.29, 1.82) is 0 Å². The molecule has 154 valence electrons. The van der Waals surface area contributed by atoms with E-state index in [4.69, 9.17) is 9.47 Å². The van der Waals surface area contributed by atoms with E-state index >= 15 is 0 Å². The van der Waals surface area contributed by atoms with Crippen molar-refractivity contribution in [2.75, 3.05) is 31.1 Å². The van der Waals surface area contributed by atoms with Crippen LogP contribution in [0.5, 0.6) is 0 Å². The van der Waals surface area contributed by atoms with E-state index in [1.165, 1.54) is 5.69 Å². The predicted molar refractivity (Wildman–Crippen MR) is 108 cm³/mol. The van der Waals surface area contributed by atoms with Crippen molar-refractivity contribution in [2.45, 2.75) is 58.3 Å². The summed E-state index contributed by atoms with van der Waals surface area (Å²) < 4.78 is 10.3. The van der Waals surface area contributed by atoms with Crippen LogP contribution in [-0.4, -0.2) is 55.2 Å². The number of nitrogens with zero attached hydrogens (tertiary/aromatic N) is 2. The molecule has 0 amide bonds. The molecule has 0 radical (unpaired) electrons. The van der Waals surface area contributed by atoms with Crippen molar-refractivity contribution < 1.29 is 19.1 Å². The second-order valence-electron chi connectivity index (χ2n) is 8.91. The molecule has 2 fully saturated rings. The smallest absolute Gasteiger partial charge is 0.306 e. The van der Waals surface area contributed by atoms with Gasteiger partial charge in [0.05, 0.1) is 6.42 Å². The van der Waals surface area contributed by atoms with Gasteiger partial charge in [-0.05, 0) is 57.2 Å². The Kier molecular flexibility index (Phi) is 6.60. The fourth-order valence-corrected chi connectivity index (χ4v) is 4.12. The average molecular weight is 389 g/mol. The molecule has 2 heterocycles. The highest BCUT2D eigenvalue weighted by Gasteiger charge is 2.35. The maximum atomic E-state index is 12.0. The molecule has 6 heteroatoms. The maximum Gasteiger partial charge on any atom is 0.306 e. The molecule has 0 saturated carbocycles. The molecule has 0 aromatic heterocycles. The number of likely N-dealkylation sites (tertiary alicyclic amines) is 1. The van der Waals surface area contributed by atoms with Crippen molar-refractivity contribution in [1.82, 2.24) is 4.90 Å². The van der Waals surface area contributed by atoms with Crippen molar-refractivity contribution >= 4 is 18.1 Å². The Hall–Kier alpha value is -2.08. The van der Waals surface area contributed by atoms with Gasteiger partial charge in [-0.25, -0.2) is 0 Å². The molecule has 3 rings (SSSR count). The predicted octanol–water partition coefficient (Wildman–Crippen LogP) is 2.99. The summed E-state index contributed by atoms with van der Waals surface area (Å²) in [5.74, 6) is 0.354. The highest BCUT2D eigenvalue weighted by molar-refractivity contribution is 5.70. The molecule has 0 N–H and O–H groups in total. The summed E-state index contributed by atoms with van der Waals surface area (Å²) in [5.41, 5.74) is 1.81. The first-order valence-electron chi connectivity index (χ1n) is 10.2. The first-order chi connectivity index (χ1) is 13.3. The van der Waals surface area contributed by atoms with E-state index in [2.05, 4.69) is 21.9 Å². The third kappa shape index (κ3) is 5.71. The normalized spacial score (nSPS) is 19.2. The molecule has 1 aromatic rings. The third-order valence-corrected chi connectivity index (χ3v) is 5.44. The molecule has 28 heavy (non-hydrogen) atoms. The first kappa shape index (κ1) is 20.6. The van der Waals surface area contributed by atoms with Crippen LogP contribution in [0, 0.1) is 5.92 Å². The Morgan fingerprint density at radius 2 is 1.93 bits per heavy atom. The summed E-state index contributed by atoms with van der Waals surface area (Å²) in [6, 6.07) is 8.81. The largest absolute Gasteiger partial charge is 0.463 e. The number of carbonyl (C=O) groups excluding carboxylic acids is 2. The minimum atomic E-state index is -0.399. The zero-order chi connectivity index (χ0) is 20.1. The number of hydrogen-bond donors (Lipinski definition) is 0. The molecule has 2 aliphatic heterocycles. The van der Waals surface area contributed by atoms with Gasteiger partial charge in [0.15, 0.2) is 0 Å². The molecule has 0 spiro atoms. The summed E-state index contributed by atoms with van der Waals surface area (Å²) in [6.45, 7) is 10.6. The van der Waals surface area contributed by atoms with Gasteiger partial charge >= 0.3 is 5.97 Å². The van der Waals surface area contributed by atoms with Crippen LogP contribution in [0.4, 0.5) is 5.69 Å². The standard InChI is InChI=1S/C22H32N2O4/c1-22(2,3)28-21(26)12-18-13-24(14-18)19-7-9-23(10-8-19)20-6-4-5-17(11-20)15-27-16-25/h4-6,11,16,18-19H,7-10,12-15H2,1-3H3. The van der Waals surface area contributed by atoms with Crippen molar-refractivity contribution in [3.63, 3.8) is 0 Å². The molecule has 2 saturated heterocycles. The fraction of sp³-hybridized carbons (Fsp3) is 0.636. The lowest BCUT2D eigenvalue weighted by Crippen LogP contribution is -2.55. The van der Waals surface area contributed by atoms with E-state index < -0.39 is 5.60 Å². The van der Waals surface area contributed by atoms with E-state index in [1.54, 1.807) is 0 Å². The minimum Gasteiger partial charge on any atom is -0.463 e. The SMILES string of the molecule is CC(C)(C)OC(=O)CC1CN(C2CCN(c3cccc(COC=O)c3)CC2)C1. The van der Waals surface area contributed by atoms with Crippen LogP contribution in [0.25, 0.3) is 0 Å². The summed E-state index contributed by atoms with van der Waals surface area (Å²) in [7, 11) is 0. The maximum absolute atomic E-state index is 12.0. The van der Waals surface area contributed by atoms with Gasteiger partial charge in [-0.15, -0.1) is 0 Å². The lowest BCUT2D eigenvalue weighted by Gasteiger charge is -2.47. The van der Waals surface area contributed by atoms with E-state index in [9.17, 15) is 9.59 Å². The topological polar surface area (TPSA) is 59.1 Å². The Morgan fingerprint density at radius 3 is 2.57 bits per heavy atom. The van der Waals surface area contributed by atoms with Crippen LogP contribution in [0.2, 0.25) is 0 Å². The number of carbonyl (C=O) groups is 2. The van der Waals surface area contributed by atoms with Gasteiger partial charge in [-0.1, -0.05) is 12.1 Å². The van der Waals surface area contributed by atoms with Gasteiger partial charge in [0.25, 0.3) is 6.47 Å². The van der Waals surface area contributed by atoms with Crippen LogP contribution in [0.1, 0.15) is 45.6 Å². The molecule has 0 unspecified atom stereocenters. The number of esters is 1. The van der Waals surface area contributed by atoms with Crippen molar-refractivity contribution in [3.8, 4) is 0 Å². The molecule has 0 bridgehead atoms. The average Bonchev–Trinajstić information content (AvgIpc) is 2.62. The number of hydrogen-bond acceptors (Lipinski definition) is 6. The Morgan fingerprint density at radius 1 is 1.21 bits per heavy atom. The Labute approximate surface area is 167 Å². The van der Waals surface area contributed by atoms with E-state index in [0.29, 0.717) is 31.5 Å². The van der Waals surface area contributed by atoms with Gasteiger partial charge in [-0.3, -0.25) is 14.5 Å². The first-order valence-corrected chi connectivity index (χ1v) is 10.2. The van der Waals surface area contributed by atoms with Crippen LogP contribution in [0.15, 0.2) is 24.3 Å². The van der Waals surface area contributed by atoms with Crippen LogP contribution in [-0.2, 0) is 25.7 Å². The monoisotopic (exact) mass is 388 g/mol. The van der Waals surface area contributed by atoms with E-state index in [1.807, 2.05) is 32.9 Å². The number of anilines is 1. The van der Waals surface area contributed by atoms with Gasteiger partial charge < -0.3 is 14.4 Å². The highest BCUT2D eigenvalue weighted by atomic mass is 16.6. The second-order valence-corrected chi connectivity index (χ2v) is 8.91. The Balaban J connectivity index is 1.41.